The predicted molar refractivity (Wildman–Crippen MR) is 93.9 cm³/mol. The van der Waals surface area contributed by atoms with Gasteiger partial charge in [-0.05, 0) is 63.2 Å². The van der Waals surface area contributed by atoms with Gasteiger partial charge in [0.2, 0.25) is 0 Å². The molecule has 0 unspecified atom stereocenters. The number of unbranched alkanes of at least 4 members (excludes halogenated alkanes) is 2. The molecule has 0 aliphatic heterocycles. The van der Waals surface area contributed by atoms with E-state index in [9.17, 15) is 4.79 Å². The number of hydrogen-bond donors (Lipinski definition) is 1. The molecule has 0 spiro atoms. The molecule has 1 N–H and O–H groups in total. The van der Waals surface area contributed by atoms with E-state index in [1.54, 1.807) is 0 Å². The molecule has 0 heterocycles. The van der Waals surface area contributed by atoms with Crippen LogP contribution in [0.2, 0.25) is 0 Å². The van der Waals surface area contributed by atoms with Crippen LogP contribution < -0.4 is 0 Å². The van der Waals surface area contributed by atoms with Gasteiger partial charge in [-0.15, -0.1) is 0 Å². The van der Waals surface area contributed by atoms with E-state index in [1.165, 1.54) is 19.3 Å². The summed E-state index contributed by atoms with van der Waals surface area (Å²) in [6.45, 7) is 2.17. The monoisotopic (exact) mass is 304 g/mol. The molecule has 2 atom stereocenters. The Morgan fingerprint density at radius 1 is 1.05 bits per heavy atom. The van der Waals surface area contributed by atoms with Gasteiger partial charge in [0.05, 0.1) is 0 Å². The number of carboxylic acid groups (broad SMARTS) is 1. The highest BCUT2D eigenvalue weighted by Gasteiger charge is 2.23. The Balaban J connectivity index is 2.19. The van der Waals surface area contributed by atoms with E-state index in [0.717, 1.165) is 50.4 Å². The van der Waals surface area contributed by atoms with Crippen LogP contribution in [0.25, 0.3) is 0 Å². The molecule has 0 radical (unpaired) electrons. The average Bonchev–Trinajstić information content (AvgIpc) is 2.93. The maximum Gasteiger partial charge on any atom is 0.303 e. The first-order chi connectivity index (χ1) is 10.7. The number of carbonyl (C=O) groups is 1. The van der Waals surface area contributed by atoms with Crippen molar-refractivity contribution in [2.75, 3.05) is 0 Å². The first-order valence-electron chi connectivity index (χ1n) is 8.92. The third-order valence-electron chi connectivity index (χ3n) is 4.37. The van der Waals surface area contributed by atoms with Crippen LogP contribution in [0.1, 0.15) is 71.1 Å². The molecule has 1 aliphatic rings. The van der Waals surface area contributed by atoms with Crippen LogP contribution in [-0.2, 0) is 4.79 Å². The lowest BCUT2D eigenvalue weighted by molar-refractivity contribution is -0.137. The smallest absolute Gasteiger partial charge is 0.303 e. The molecule has 0 aromatic heterocycles. The zero-order chi connectivity index (χ0) is 16.0. The molecular formula is C20H32O2. The fraction of sp³-hybridized carbons (Fsp3) is 0.650. The summed E-state index contributed by atoms with van der Waals surface area (Å²) in [5.74, 6) is 0.847. The van der Waals surface area contributed by atoms with E-state index in [4.69, 9.17) is 5.11 Å². The van der Waals surface area contributed by atoms with Crippen molar-refractivity contribution in [3.05, 3.63) is 36.5 Å². The Labute approximate surface area is 136 Å². The van der Waals surface area contributed by atoms with E-state index >= 15 is 0 Å². The van der Waals surface area contributed by atoms with Gasteiger partial charge in [-0.25, -0.2) is 0 Å². The van der Waals surface area contributed by atoms with Gasteiger partial charge >= 0.3 is 5.97 Å². The van der Waals surface area contributed by atoms with Gasteiger partial charge in [0.15, 0.2) is 0 Å². The molecule has 0 amide bonds. The van der Waals surface area contributed by atoms with E-state index in [1.807, 2.05) is 0 Å². The van der Waals surface area contributed by atoms with Crippen LogP contribution in [-0.4, -0.2) is 11.1 Å². The van der Waals surface area contributed by atoms with Crippen molar-refractivity contribution in [3.63, 3.8) is 0 Å². The van der Waals surface area contributed by atoms with Gasteiger partial charge in [-0.3, -0.25) is 4.79 Å². The largest absolute Gasteiger partial charge is 0.481 e. The fourth-order valence-electron chi connectivity index (χ4n) is 3.12. The van der Waals surface area contributed by atoms with Gasteiger partial charge in [-0.1, -0.05) is 49.8 Å². The van der Waals surface area contributed by atoms with E-state index in [2.05, 4.69) is 43.4 Å². The molecule has 0 bridgehead atoms. The van der Waals surface area contributed by atoms with Crippen molar-refractivity contribution in [2.45, 2.75) is 71.1 Å². The lowest BCUT2D eigenvalue weighted by Gasteiger charge is -2.13. The molecule has 0 aromatic rings. The second kappa shape index (κ2) is 12.3. The molecule has 1 saturated carbocycles. The molecule has 124 valence electrons. The second-order valence-electron chi connectivity index (χ2n) is 6.23. The Bertz CT molecular complexity index is 379. The molecule has 1 aliphatic carbocycles. The predicted octanol–water partition coefficient (Wildman–Crippen LogP) is 5.91. The number of carboxylic acids is 1. The topological polar surface area (TPSA) is 37.3 Å². The minimum absolute atomic E-state index is 0.283. The van der Waals surface area contributed by atoms with Crippen molar-refractivity contribution < 1.29 is 9.90 Å². The van der Waals surface area contributed by atoms with Crippen LogP contribution in [0.4, 0.5) is 0 Å². The molecular weight excluding hydrogens is 272 g/mol. The fourth-order valence-corrected chi connectivity index (χ4v) is 3.12. The Hall–Kier alpha value is -1.31. The third-order valence-corrected chi connectivity index (χ3v) is 4.37. The molecule has 1 fully saturated rings. The minimum Gasteiger partial charge on any atom is -0.481 e. The first kappa shape index (κ1) is 18.7. The summed E-state index contributed by atoms with van der Waals surface area (Å²) in [6, 6.07) is 0. The second-order valence-corrected chi connectivity index (χ2v) is 6.23. The number of aliphatic carboxylic acids is 1. The summed E-state index contributed by atoms with van der Waals surface area (Å²) in [7, 11) is 0. The summed E-state index contributed by atoms with van der Waals surface area (Å²) >= 11 is 0. The van der Waals surface area contributed by atoms with Gasteiger partial charge in [-0.2, -0.15) is 0 Å². The number of hydrogen-bond acceptors (Lipinski definition) is 1. The molecule has 2 nitrogen and oxygen atoms in total. The summed E-state index contributed by atoms with van der Waals surface area (Å²) in [5, 5.41) is 8.59. The van der Waals surface area contributed by atoms with Gasteiger partial charge in [0, 0.05) is 6.42 Å². The first-order valence-corrected chi connectivity index (χ1v) is 8.92. The normalized spacial score (nSPS) is 22.4. The molecule has 22 heavy (non-hydrogen) atoms. The highest BCUT2D eigenvalue weighted by atomic mass is 16.4. The average molecular weight is 304 g/mol. The zero-order valence-corrected chi connectivity index (χ0v) is 14.0. The van der Waals surface area contributed by atoms with E-state index in [-0.39, 0.29) is 6.42 Å². The van der Waals surface area contributed by atoms with Crippen LogP contribution in [0.5, 0.6) is 0 Å². The van der Waals surface area contributed by atoms with Crippen LogP contribution in [0.15, 0.2) is 36.5 Å². The van der Waals surface area contributed by atoms with Crippen LogP contribution >= 0.6 is 0 Å². The van der Waals surface area contributed by atoms with Crippen LogP contribution in [0, 0.1) is 11.8 Å². The Kier molecular flexibility index (Phi) is 10.4. The molecule has 0 aromatic carbocycles. The molecule has 1 rings (SSSR count). The van der Waals surface area contributed by atoms with Gasteiger partial charge < -0.3 is 5.11 Å². The molecule has 2 heteroatoms. The van der Waals surface area contributed by atoms with E-state index < -0.39 is 5.97 Å². The van der Waals surface area contributed by atoms with Crippen molar-refractivity contribution in [1.82, 2.24) is 0 Å². The van der Waals surface area contributed by atoms with Gasteiger partial charge in [0.25, 0.3) is 0 Å². The van der Waals surface area contributed by atoms with Crippen molar-refractivity contribution in [2.24, 2.45) is 11.8 Å². The van der Waals surface area contributed by atoms with Crippen molar-refractivity contribution >= 4 is 5.97 Å². The highest BCUT2D eigenvalue weighted by Crippen LogP contribution is 2.35. The summed E-state index contributed by atoms with van der Waals surface area (Å²) in [5.41, 5.74) is 0. The Morgan fingerprint density at radius 2 is 1.82 bits per heavy atom. The third kappa shape index (κ3) is 8.86. The number of allylic oxidation sites excluding steroid dienone is 6. The quantitative estimate of drug-likeness (QED) is 0.381. The summed E-state index contributed by atoms with van der Waals surface area (Å²) in [4.78, 5) is 10.4. The van der Waals surface area contributed by atoms with Gasteiger partial charge in [0.1, 0.15) is 0 Å². The maximum absolute atomic E-state index is 10.4. The highest BCUT2D eigenvalue weighted by molar-refractivity contribution is 5.66. The summed E-state index contributed by atoms with van der Waals surface area (Å²) < 4.78 is 0. The van der Waals surface area contributed by atoms with Crippen molar-refractivity contribution in [1.29, 1.82) is 0 Å². The number of rotatable bonds is 11. The minimum atomic E-state index is -0.692. The van der Waals surface area contributed by atoms with Crippen LogP contribution in [0.3, 0.4) is 0 Å². The van der Waals surface area contributed by atoms with Crippen molar-refractivity contribution in [3.8, 4) is 0 Å². The zero-order valence-electron chi connectivity index (χ0n) is 14.0. The SMILES string of the molecule is CC/C=C/CC/C=C/[C@H]1CCC[C@@H]1C/C=C\CCCC(=O)O. The van der Waals surface area contributed by atoms with E-state index in [0.29, 0.717) is 0 Å². The maximum atomic E-state index is 10.4. The lowest BCUT2D eigenvalue weighted by atomic mass is 9.92. The lowest BCUT2D eigenvalue weighted by Crippen LogP contribution is -2.03. The molecule has 0 saturated heterocycles. The Morgan fingerprint density at radius 3 is 2.59 bits per heavy atom. The standard InChI is InChI=1S/C20H32O2/c1-2-3-4-5-6-9-13-18-15-12-16-19(18)14-10-7-8-11-17-20(21)22/h3-4,7,9-10,13,18-19H,2,5-6,8,11-12,14-17H2,1H3,(H,21,22)/b4-3+,10-7-,13-9+/t18-,19-/m0/s1. The summed E-state index contributed by atoms with van der Waals surface area (Å²) in [6.07, 6.45) is 24.3.